The van der Waals surface area contributed by atoms with Crippen molar-refractivity contribution in [1.82, 2.24) is 4.98 Å². The Morgan fingerprint density at radius 1 is 1.43 bits per heavy atom. The fourth-order valence-corrected chi connectivity index (χ4v) is 1.75. The molecular formula is C15H11ClFN3O. The van der Waals surface area contributed by atoms with Crippen LogP contribution in [-0.2, 0) is 0 Å². The molecule has 4 nitrogen and oxygen atoms in total. The van der Waals surface area contributed by atoms with Crippen molar-refractivity contribution in [1.29, 1.82) is 0 Å². The fourth-order valence-electron chi connectivity index (χ4n) is 1.58. The summed E-state index contributed by atoms with van der Waals surface area (Å²) >= 11 is 5.66. The second-order valence-electron chi connectivity index (χ2n) is 4.02. The molecule has 1 amide bonds. The van der Waals surface area contributed by atoms with Crippen molar-refractivity contribution in [2.75, 3.05) is 11.9 Å². The number of hydrogen-bond acceptors (Lipinski definition) is 3. The Balaban J connectivity index is 2.22. The van der Waals surface area contributed by atoms with Gasteiger partial charge in [0.2, 0.25) is 0 Å². The van der Waals surface area contributed by atoms with Gasteiger partial charge in [0.25, 0.3) is 5.91 Å². The minimum absolute atomic E-state index is 0.00551. The highest BCUT2D eigenvalue weighted by Crippen LogP contribution is 2.22. The highest BCUT2D eigenvalue weighted by Gasteiger charge is 2.11. The smallest absolute Gasteiger partial charge is 0.257 e. The third-order valence-corrected chi connectivity index (χ3v) is 2.83. The number of nitrogens with one attached hydrogen (secondary N) is 1. The van der Waals surface area contributed by atoms with Crippen LogP contribution < -0.4 is 11.1 Å². The summed E-state index contributed by atoms with van der Waals surface area (Å²) in [6.07, 6.45) is 2.88. The molecule has 1 aromatic heterocycles. The van der Waals surface area contributed by atoms with Gasteiger partial charge < -0.3 is 11.1 Å². The molecule has 1 heterocycles. The van der Waals surface area contributed by atoms with Gasteiger partial charge in [-0.3, -0.25) is 9.78 Å². The third-order valence-electron chi connectivity index (χ3n) is 2.54. The van der Waals surface area contributed by atoms with Gasteiger partial charge >= 0.3 is 0 Å². The lowest BCUT2D eigenvalue weighted by Crippen LogP contribution is -2.13. The van der Waals surface area contributed by atoms with Crippen LogP contribution in [0.15, 0.2) is 36.7 Å². The molecule has 2 rings (SSSR count). The third kappa shape index (κ3) is 3.78. The maximum absolute atomic E-state index is 13.7. The van der Waals surface area contributed by atoms with Crippen LogP contribution >= 0.6 is 11.6 Å². The summed E-state index contributed by atoms with van der Waals surface area (Å²) in [6.45, 7) is 0.212. The highest BCUT2D eigenvalue weighted by molar-refractivity contribution is 6.31. The predicted molar refractivity (Wildman–Crippen MR) is 79.5 cm³/mol. The SMILES string of the molecule is NCC#Cc1cncc(C(=O)Nc2cccc(Cl)c2F)c1. The van der Waals surface area contributed by atoms with Gasteiger partial charge in [-0.25, -0.2) is 4.39 Å². The van der Waals surface area contributed by atoms with Crippen molar-refractivity contribution >= 4 is 23.2 Å². The monoisotopic (exact) mass is 303 g/mol. The van der Waals surface area contributed by atoms with E-state index in [-0.39, 0.29) is 22.8 Å². The quantitative estimate of drug-likeness (QED) is 0.837. The maximum atomic E-state index is 13.7. The summed E-state index contributed by atoms with van der Waals surface area (Å²) in [6, 6.07) is 5.91. The molecule has 0 aliphatic heterocycles. The lowest BCUT2D eigenvalue weighted by atomic mass is 10.2. The van der Waals surface area contributed by atoms with Gasteiger partial charge in [-0.1, -0.05) is 29.5 Å². The number of carbonyl (C=O) groups is 1. The Morgan fingerprint density at radius 3 is 3.00 bits per heavy atom. The summed E-state index contributed by atoms with van der Waals surface area (Å²) in [7, 11) is 0. The van der Waals surface area contributed by atoms with E-state index in [0.717, 1.165) is 0 Å². The van der Waals surface area contributed by atoms with E-state index in [1.54, 1.807) is 12.1 Å². The molecule has 0 fully saturated rings. The van der Waals surface area contributed by atoms with Crippen LogP contribution in [0.4, 0.5) is 10.1 Å². The van der Waals surface area contributed by atoms with Crippen LogP contribution in [0.1, 0.15) is 15.9 Å². The van der Waals surface area contributed by atoms with Crippen LogP contribution in [0.2, 0.25) is 5.02 Å². The Labute approximate surface area is 126 Å². The van der Waals surface area contributed by atoms with Crippen LogP contribution in [0.5, 0.6) is 0 Å². The molecule has 6 heteroatoms. The molecule has 0 saturated carbocycles. The molecular weight excluding hydrogens is 293 g/mol. The van der Waals surface area contributed by atoms with Crippen LogP contribution in [0, 0.1) is 17.7 Å². The maximum Gasteiger partial charge on any atom is 0.257 e. The molecule has 0 atom stereocenters. The first kappa shape index (κ1) is 15.0. The van der Waals surface area contributed by atoms with Gasteiger partial charge in [-0.15, -0.1) is 0 Å². The van der Waals surface area contributed by atoms with Crippen LogP contribution in [0.3, 0.4) is 0 Å². The van der Waals surface area contributed by atoms with Crippen molar-refractivity contribution in [2.45, 2.75) is 0 Å². The number of nitrogens with zero attached hydrogens (tertiary/aromatic N) is 1. The van der Waals surface area contributed by atoms with E-state index < -0.39 is 11.7 Å². The topological polar surface area (TPSA) is 68.0 Å². The molecule has 3 N–H and O–H groups in total. The van der Waals surface area contributed by atoms with E-state index in [9.17, 15) is 9.18 Å². The van der Waals surface area contributed by atoms with E-state index in [0.29, 0.717) is 5.56 Å². The lowest BCUT2D eigenvalue weighted by Gasteiger charge is -2.07. The molecule has 106 valence electrons. The molecule has 21 heavy (non-hydrogen) atoms. The first-order valence-electron chi connectivity index (χ1n) is 6.01. The zero-order chi connectivity index (χ0) is 15.2. The average Bonchev–Trinajstić information content (AvgIpc) is 2.50. The molecule has 2 aromatic rings. The fraction of sp³-hybridized carbons (Fsp3) is 0.0667. The number of nitrogens with two attached hydrogens (primary N) is 1. The minimum Gasteiger partial charge on any atom is -0.320 e. The number of anilines is 1. The molecule has 0 bridgehead atoms. The Hall–Kier alpha value is -2.42. The second kappa shape index (κ2) is 6.84. The van der Waals surface area contributed by atoms with Crippen molar-refractivity contribution < 1.29 is 9.18 Å². The normalized spacial score (nSPS) is 9.67. The lowest BCUT2D eigenvalue weighted by molar-refractivity contribution is 0.102. The van der Waals surface area contributed by atoms with Gasteiger partial charge in [0.1, 0.15) is 0 Å². The van der Waals surface area contributed by atoms with E-state index in [1.165, 1.54) is 24.5 Å². The van der Waals surface area contributed by atoms with E-state index in [2.05, 4.69) is 22.1 Å². The van der Waals surface area contributed by atoms with Crippen molar-refractivity contribution in [2.24, 2.45) is 5.73 Å². The molecule has 0 unspecified atom stereocenters. The highest BCUT2D eigenvalue weighted by atomic mass is 35.5. The van der Waals surface area contributed by atoms with Gasteiger partial charge in [0.05, 0.1) is 22.8 Å². The first-order chi connectivity index (χ1) is 10.1. The van der Waals surface area contributed by atoms with E-state index in [4.69, 9.17) is 17.3 Å². The van der Waals surface area contributed by atoms with E-state index >= 15 is 0 Å². The number of rotatable bonds is 2. The van der Waals surface area contributed by atoms with Crippen LogP contribution in [0.25, 0.3) is 0 Å². The summed E-state index contributed by atoms with van der Waals surface area (Å²) < 4.78 is 13.7. The second-order valence-corrected chi connectivity index (χ2v) is 4.43. The summed E-state index contributed by atoms with van der Waals surface area (Å²) in [5.41, 5.74) is 6.10. The molecule has 0 radical (unpaired) electrons. The van der Waals surface area contributed by atoms with Gasteiger partial charge in [-0.2, -0.15) is 0 Å². The first-order valence-corrected chi connectivity index (χ1v) is 6.39. The predicted octanol–water partition coefficient (Wildman–Crippen LogP) is 2.44. The largest absolute Gasteiger partial charge is 0.320 e. The Morgan fingerprint density at radius 2 is 2.24 bits per heavy atom. The number of amides is 1. The molecule has 0 aliphatic rings. The minimum atomic E-state index is -0.681. The number of pyridine rings is 1. The molecule has 1 aromatic carbocycles. The van der Waals surface area contributed by atoms with E-state index in [1.807, 2.05) is 0 Å². The molecule has 0 saturated heterocycles. The number of aromatic nitrogens is 1. The van der Waals surface area contributed by atoms with Crippen molar-refractivity contribution in [3.05, 3.63) is 58.6 Å². The summed E-state index contributed by atoms with van der Waals surface area (Å²) in [5.74, 6) is 4.26. The number of benzene rings is 1. The number of hydrogen-bond donors (Lipinski definition) is 2. The van der Waals surface area contributed by atoms with Crippen LogP contribution in [-0.4, -0.2) is 17.4 Å². The van der Waals surface area contributed by atoms with Gasteiger partial charge in [-0.05, 0) is 18.2 Å². The molecule has 0 spiro atoms. The van der Waals surface area contributed by atoms with Crippen molar-refractivity contribution in [3.63, 3.8) is 0 Å². The summed E-state index contributed by atoms with van der Waals surface area (Å²) in [5, 5.41) is 2.38. The Kier molecular flexibility index (Phi) is 4.88. The summed E-state index contributed by atoms with van der Waals surface area (Å²) in [4.78, 5) is 16.0. The zero-order valence-electron chi connectivity index (χ0n) is 10.9. The zero-order valence-corrected chi connectivity index (χ0v) is 11.6. The molecule has 0 aliphatic carbocycles. The standard InChI is InChI=1S/C15H11ClFN3O/c16-12-4-1-5-13(14(12)17)20-15(21)11-7-10(3-2-6-18)8-19-9-11/h1,4-5,7-9H,6,18H2,(H,20,21). The number of halogens is 2. The van der Waals surface area contributed by atoms with Gasteiger partial charge in [0, 0.05) is 18.0 Å². The van der Waals surface area contributed by atoms with Gasteiger partial charge in [0.15, 0.2) is 5.82 Å². The number of carbonyl (C=O) groups excluding carboxylic acids is 1. The van der Waals surface area contributed by atoms with Crippen molar-refractivity contribution in [3.8, 4) is 11.8 Å². The Bertz CT molecular complexity index is 737. The average molecular weight is 304 g/mol.